The number of hydrogen-bond donors (Lipinski definition) is 0. The van der Waals surface area contributed by atoms with Gasteiger partial charge < -0.3 is 14.2 Å². The summed E-state index contributed by atoms with van der Waals surface area (Å²) in [6, 6.07) is 1.43. The highest BCUT2D eigenvalue weighted by Crippen LogP contribution is 2.52. The summed E-state index contributed by atoms with van der Waals surface area (Å²) in [5.41, 5.74) is -1.23. The van der Waals surface area contributed by atoms with E-state index in [-0.39, 0.29) is 42.9 Å². The van der Waals surface area contributed by atoms with Crippen molar-refractivity contribution in [2.24, 2.45) is 13.0 Å². The fourth-order valence-electron chi connectivity index (χ4n) is 4.54. The lowest BCUT2D eigenvalue weighted by Gasteiger charge is -2.36. The summed E-state index contributed by atoms with van der Waals surface area (Å²) in [5.74, 6) is -2.51. The predicted octanol–water partition coefficient (Wildman–Crippen LogP) is 2.46. The molecule has 2 heterocycles. The van der Waals surface area contributed by atoms with E-state index in [1.54, 1.807) is 0 Å². The van der Waals surface area contributed by atoms with Gasteiger partial charge in [0.15, 0.2) is 23.0 Å². The van der Waals surface area contributed by atoms with E-state index in [0.29, 0.717) is 11.3 Å². The third-order valence-electron chi connectivity index (χ3n) is 6.04. The predicted molar refractivity (Wildman–Crippen MR) is 103 cm³/mol. The molecular weight excluding hydrogens is 413 g/mol. The highest BCUT2D eigenvalue weighted by molar-refractivity contribution is 6.12. The van der Waals surface area contributed by atoms with Gasteiger partial charge in [0.1, 0.15) is 23.3 Å². The highest BCUT2D eigenvalue weighted by atomic mass is 19.1. The van der Waals surface area contributed by atoms with Crippen molar-refractivity contribution < 1.29 is 33.1 Å². The maximum Gasteiger partial charge on any atom is 0.318 e. The SMILES string of the molecule is COc1cc(OC)c2c(c1F)C1(CCC(C(=O)c3c([N+](=O)[O-])cnn3C)C(=O)C1)OC2. The van der Waals surface area contributed by atoms with Gasteiger partial charge in [0.25, 0.3) is 0 Å². The first-order valence-electron chi connectivity index (χ1n) is 9.55. The first kappa shape index (κ1) is 20.9. The van der Waals surface area contributed by atoms with E-state index in [0.717, 1.165) is 10.9 Å². The van der Waals surface area contributed by atoms with Gasteiger partial charge in [-0.3, -0.25) is 24.4 Å². The first-order chi connectivity index (χ1) is 14.7. The molecule has 0 radical (unpaired) electrons. The van der Waals surface area contributed by atoms with E-state index in [2.05, 4.69) is 5.10 Å². The van der Waals surface area contributed by atoms with Crippen molar-refractivity contribution in [2.45, 2.75) is 31.5 Å². The monoisotopic (exact) mass is 433 g/mol. The fraction of sp³-hybridized carbons (Fsp3) is 0.450. The zero-order valence-corrected chi connectivity index (χ0v) is 17.1. The number of benzene rings is 1. The Hall–Kier alpha value is -3.34. The fourth-order valence-corrected chi connectivity index (χ4v) is 4.54. The number of nitrogens with zero attached hydrogens (tertiary/aromatic N) is 3. The molecule has 1 aromatic heterocycles. The molecule has 2 aliphatic rings. The lowest BCUT2D eigenvalue weighted by atomic mass is 9.72. The van der Waals surface area contributed by atoms with Gasteiger partial charge in [0.2, 0.25) is 0 Å². The molecule has 2 aromatic rings. The van der Waals surface area contributed by atoms with Crippen molar-refractivity contribution in [3.63, 3.8) is 0 Å². The molecule has 1 saturated carbocycles. The summed E-state index contributed by atoms with van der Waals surface area (Å²) >= 11 is 0. The van der Waals surface area contributed by atoms with Crippen LogP contribution in [-0.2, 0) is 28.8 Å². The van der Waals surface area contributed by atoms with Crippen molar-refractivity contribution in [1.29, 1.82) is 0 Å². The lowest BCUT2D eigenvalue weighted by Crippen LogP contribution is -2.41. The van der Waals surface area contributed by atoms with Gasteiger partial charge in [-0.05, 0) is 12.8 Å². The summed E-state index contributed by atoms with van der Waals surface area (Å²) in [4.78, 5) is 36.5. The molecule has 0 amide bonds. The summed E-state index contributed by atoms with van der Waals surface area (Å²) in [5, 5.41) is 15.0. The molecule has 1 aliphatic heterocycles. The number of ether oxygens (including phenoxy) is 3. The third-order valence-corrected chi connectivity index (χ3v) is 6.04. The largest absolute Gasteiger partial charge is 0.496 e. The summed E-state index contributed by atoms with van der Waals surface area (Å²) in [6.45, 7) is 0.0541. The van der Waals surface area contributed by atoms with Crippen molar-refractivity contribution in [1.82, 2.24) is 9.78 Å². The molecule has 4 rings (SSSR count). The molecule has 0 bridgehead atoms. The number of halogens is 1. The van der Waals surface area contributed by atoms with Crippen LogP contribution in [0.2, 0.25) is 0 Å². The Bertz CT molecular complexity index is 1110. The van der Waals surface area contributed by atoms with Crippen LogP contribution in [0.5, 0.6) is 11.5 Å². The Morgan fingerprint density at radius 2 is 2.10 bits per heavy atom. The van der Waals surface area contributed by atoms with Gasteiger partial charge in [-0.2, -0.15) is 5.10 Å². The number of fused-ring (bicyclic) bond motifs is 2. The molecule has 0 saturated heterocycles. The molecule has 0 N–H and O–H groups in total. The quantitative estimate of drug-likeness (QED) is 0.305. The Kier molecular flexibility index (Phi) is 5.00. The molecule has 1 aliphatic carbocycles. The Labute approximate surface area is 176 Å². The third kappa shape index (κ3) is 3.07. The number of hydrogen-bond acceptors (Lipinski definition) is 8. The topological polar surface area (TPSA) is 123 Å². The van der Waals surface area contributed by atoms with Gasteiger partial charge in [-0.1, -0.05) is 0 Å². The molecule has 11 heteroatoms. The van der Waals surface area contributed by atoms with Gasteiger partial charge in [0, 0.05) is 30.7 Å². The molecule has 31 heavy (non-hydrogen) atoms. The van der Waals surface area contributed by atoms with Crippen LogP contribution in [-0.4, -0.2) is 40.5 Å². The van der Waals surface area contributed by atoms with Crippen LogP contribution in [0.4, 0.5) is 10.1 Å². The average Bonchev–Trinajstić information content (AvgIpc) is 3.30. The zero-order chi connectivity index (χ0) is 22.5. The lowest BCUT2D eigenvalue weighted by molar-refractivity contribution is -0.385. The van der Waals surface area contributed by atoms with Crippen molar-refractivity contribution in [2.75, 3.05) is 14.2 Å². The number of carbonyl (C=O) groups is 2. The Morgan fingerprint density at radius 1 is 1.39 bits per heavy atom. The smallest absolute Gasteiger partial charge is 0.318 e. The number of Topliss-reactive ketones (excluding diaryl/α,β-unsaturated/α-hetero) is 2. The van der Waals surface area contributed by atoms with E-state index in [4.69, 9.17) is 14.2 Å². The molecule has 2 unspecified atom stereocenters. The first-order valence-corrected chi connectivity index (χ1v) is 9.55. The molecule has 1 spiro atoms. The van der Waals surface area contributed by atoms with E-state index in [1.807, 2.05) is 0 Å². The van der Waals surface area contributed by atoms with Crippen LogP contribution in [0.15, 0.2) is 12.3 Å². The maximum atomic E-state index is 15.2. The van der Waals surface area contributed by atoms with Gasteiger partial charge >= 0.3 is 5.69 Å². The van der Waals surface area contributed by atoms with Crippen molar-refractivity contribution >= 4 is 17.3 Å². The summed E-state index contributed by atoms with van der Waals surface area (Å²) < 4.78 is 32.6. The second-order valence-corrected chi connectivity index (χ2v) is 7.59. The van der Waals surface area contributed by atoms with Gasteiger partial charge in [0.05, 0.1) is 31.7 Å². The maximum absolute atomic E-state index is 15.2. The Morgan fingerprint density at radius 3 is 2.71 bits per heavy atom. The normalized spacial score (nSPS) is 22.5. The molecule has 164 valence electrons. The molecule has 1 aromatic carbocycles. The highest BCUT2D eigenvalue weighted by Gasteiger charge is 2.52. The molecular formula is C20H20FN3O7. The number of methoxy groups -OCH3 is 2. The standard InChI is InChI=1S/C20H20FN3O7/c1-23-18(12(8-22-23)24(27)28)19(26)10-4-5-20(7-13(10)25)16-11(9-31-20)14(29-2)6-15(30-3)17(16)21/h6,8,10H,4-5,7,9H2,1-3H3. The average molecular weight is 433 g/mol. The van der Waals surface area contributed by atoms with Crippen LogP contribution in [0.1, 0.15) is 40.9 Å². The van der Waals surface area contributed by atoms with Crippen molar-refractivity contribution in [3.05, 3.63) is 45.0 Å². The second kappa shape index (κ2) is 7.41. The molecule has 10 nitrogen and oxygen atoms in total. The number of aryl methyl sites for hydroxylation is 1. The number of ketones is 2. The van der Waals surface area contributed by atoms with Gasteiger partial charge in [-0.15, -0.1) is 0 Å². The van der Waals surface area contributed by atoms with Crippen LogP contribution in [0.3, 0.4) is 0 Å². The van der Waals surface area contributed by atoms with Crippen LogP contribution in [0.25, 0.3) is 0 Å². The second-order valence-electron chi connectivity index (χ2n) is 7.59. The summed E-state index contributed by atoms with van der Waals surface area (Å²) in [7, 11) is 4.17. The van der Waals surface area contributed by atoms with Gasteiger partial charge in [-0.25, -0.2) is 4.39 Å². The van der Waals surface area contributed by atoms with E-state index in [9.17, 15) is 19.7 Å². The van der Waals surface area contributed by atoms with Crippen LogP contribution >= 0.6 is 0 Å². The minimum absolute atomic E-state index is 0.0309. The molecule has 1 fully saturated rings. The van der Waals surface area contributed by atoms with E-state index < -0.39 is 39.5 Å². The molecule has 2 atom stereocenters. The van der Waals surface area contributed by atoms with E-state index >= 15 is 4.39 Å². The minimum atomic E-state index is -1.24. The van der Waals surface area contributed by atoms with Crippen molar-refractivity contribution in [3.8, 4) is 11.5 Å². The number of rotatable bonds is 5. The zero-order valence-electron chi connectivity index (χ0n) is 17.1. The van der Waals surface area contributed by atoms with Crippen LogP contribution < -0.4 is 9.47 Å². The Balaban J connectivity index is 1.68. The number of nitro groups is 1. The number of carbonyl (C=O) groups excluding carboxylic acids is 2. The van der Waals surface area contributed by atoms with Crippen LogP contribution in [0, 0.1) is 21.8 Å². The minimum Gasteiger partial charge on any atom is -0.496 e. The number of aromatic nitrogens is 2. The van der Waals surface area contributed by atoms with E-state index in [1.165, 1.54) is 27.3 Å². The summed E-state index contributed by atoms with van der Waals surface area (Å²) in [6.07, 6.45) is 0.973.